The van der Waals surface area contributed by atoms with E-state index < -0.39 is 10.0 Å². The molecule has 3 rings (SSSR count). The second-order valence-corrected chi connectivity index (χ2v) is 8.82. The largest absolute Gasteiger partial charge is 0.363 e. The maximum Gasteiger partial charge on any atom is 0.236 e. The standard InChI is InChI=1S/C21H25N5O2S/c1-15-5-7-17(8-6-15)14-29(27,28)25-19-11-9-18(10-12-19)24-20-13-21(26(3)4)23-16(2)22-20/h5-13,25H,14H2,1-4H3,(H,22,23,24). The molecule has 29 heavy (non-hydrogen) atoms. The molecule has 152 valence electrons. The molecule has 0 amide bonds. The zero-order valence-electron chi connectivity index (χ0n) is 17.0. The van der Waals surface area contributed by atoms with Gasteiger partial charge in [0, 0.05) is 31.5 Å². The monoisotopic (exact) mass is 411 g/mol. The van der Waals surface area contributed by atoms with Crippen molar-refractivity contribution in [2.45, 2.75) is 19.6 Å². The number of nitrogens with zero attached hydrogens (tertiary/aromatic N) is 3. The third-order valence-electron chi connectivity index (χ3n) is 4.19. The summed E-state index contributed by atoms with van der Waals surface area (Å²) in [4.78, 5) is 10.7. The van der Waals surface area contributed by atoms with E-state index in [9.17, 15) is 8.42 Å². The van der Waals surface area contributed by atoms with Gasteiger partial charge in [0.1, 0.15) is 17.5 Å². The lowest BCUT2D eigenvalue weighted by atomic mass is 10.2. The Morgan fingerprint density at radius 1 is 0.897 bits per heavy atom. The Morgan fingerprint density at radius 2 is 1.52 bits per heavy atom. The van der Waals surface area contributed by atoms with E-state index in [2.05, 4.69) is 20.0 Å². The maximum absolute atomic E-state index is 12.4. The molecule has 8 heteroatoms. The Labute approximate surface area is 171 Å². The fourth-order valence-corrected chi connectivity index (χ4v) is 3.93. The van der Waals surface area contributed by atoms with Gasteiger partial charge in [-0.05, 0) is 43.7 Å². The van der Waals surface area contributed by atoms with Gasteiger partial charge in [-0.1, -0.05) is 29.8 Å². The van der Waals surface area contributed by atoms with Gasteiger partial charge in [0.2, 0.25) is 10.0 Å². The third-order valence-corrected chi connectivity index (χ3v) is 5.45. The summed E-state index contributed by atoms with van der Waals surface area (Å²) in [5.74, 6) is 2.08. The van der Waals surface area contributed by atoms with Crippen LogP contribution >= 0.6 is 0 Å². The number of nitrogens with one attached hydrogen (secondary N) is 2. The molecule has 0 spiro atoms. The van der Waals surface area contributed by atoms with Crippen molar-refractivity contribution in [3.63, 3.8) is 0 Å². The Hall–Kier alpha value is -3.13. The highest BCUT2D eigenvalue weighted by atomic mass is 32.2. The normalized spacial score (nSPS) is 11.2. The summed E-state index contributed by atoms with van der Waals surface area (Å²) in [7, 11) is 0.350. The van der Waals surface area contributed by atoms with Gasteiger partial charge in [0.15, 0.2) is 0 Å². The molecule has 1 heterocycles. The first-order valence-electron chi connectivity index (χ1n) is 9.16. The van der Waals surface area contributed by atoms with Crippen molar-refractivity contribution in [3.8, 4) is 0 Å². The van der Waals surface area contributed by atoms with Crippen LogP contribution in [-0.2, 0) is 15.8 Å². The molecule has 0 fully saturated rings. The fraction of sp³-hybridized carbons (Fsp3) is 0.238. The summed E-state index contributed by atoms with van der Waals surface area (Å²) in [6, 6.07) is 16.4. The predicted molar refractivity (Wildman–Crippen MR) is 118 cm³/mol. The number of aromatic nitrogens is 2. The van der Waals surface area contributed by atoms with E-state index >= 15 is 0 Å². The SMILES string of the molecule is Cc1ccc(CS(=O)(=O)Nc2ccc(Nc3cc(N(C)C)nc(C)n3)cc2)cc1. The minimum absolute atomic E-state index is 0.0686. The summed E-state index contributed by atoms with van der Waals surface area (Å²) < 4.78 is 27.5. The Bertz CT molecular complexity index is 1080. The van der Waals surface area contributed by atoms with Gasteiger partial charge in [0.05, 0.1) is 5.75 Å². The van der Waals surface area contributed by atoms with Crippen LogP contribution in [0.4, 0.5) is 23.0 Å². The number of rotatable bonds is 7. The van der Waals surface area contributed by atoms with E-state index in [-0.39, 0.29) is 5.75 Å². The smallest absolute Gasteiger partial charge is 0.236 e. The third kappa shape index (κ3) is 5.92. The van der Waals surface area contributed by atoms with Crippen LogP contribution in [0.1, 0.15) is 17.0 Å². The molecule has 7 nitrogen and oxygen atoms in total. The van der Waals surface area contributed by atoms with Crippen LogP contribution in [0.15, 0.2) is 54.6 Å². The lowest BCUT2D eigenvalue weighted by Gasteiger charge is -2.14. The van der Waals surface area contributed by atoms with Crippen molar-refractivity contribution < 1.29 is 8.42 Å². The molecule has 0 aliphatic heterocycles. The average molecular weight is 412 g/mol. The molecule has 0 bridgehead atoms. The Balaban J connectivity index is 1.68. The van der Waals surface area contributed by atoms with Crippen molar-refractivity contribution >= 4 is 33.0 Å². The van der Waals surface area contributed by atoms with E-state index in [1.165, 1.54) is 0 Å². The molecule has 0 saturated carbocycles. The number of sulfonamides is 1. The molecule has 3 aromatic rings. The summed E-state index contributed by atoms with van der Waals surface area (Å²) >= 11 is 0. The summed E-state index contributed by atoms with van der Waals surface area (Å²) in [6.07, 6.45) is 0. The van der Waals surface area contributed by atoms with Gasteiger partial charge in [0.25, 0.3) is 0 Å². The second kappa shape index (κ2) is 8.48. The topological polar surface area (TPSA) is 87.2 Å². The van der Waals surface area contributed by atoms with E-state index in [1.807, 2.05) is 63.2 Å². The molecule has 0 saturated heterocycles. The minimum Gasteiger partial charge on any atom is -0.363 e. The second-order valence-electron chi connectivity index (χ2n) is 7.10. The lowest BCUT2D eigenvalue weighted by Crippen LogP contribution is -2.15. The van der Waals surface area contributed by atoms with Gasteiger partial charge < -0.3 is 10.2 Å². The van der Waals surface area contributed by atoms with Gasteiger partial charge in [-0.15, -0.1) is 0 Å². The highest BCUT2D eigenvalue weighted by Crippen LogP contribution is 2.21. The maximum atomic E-state index is 12.4. The zero-order chi connectivity index (χ0) is 21.0. The van der Waals surface area contributed by atoms with Crippen molar-refractivity contribution in [3.05, 3.63) is 71.5 Å². The van der Waals surface area contributed by atoms with E-state index in [0.717, 1.165) is 22.6 Å². The quantitative estimate of drug-likeness (QED) is 0.614. The first-order valence-corrected chi connectivity index (χ1v) is 10.8. The number of anilines is 4. The van der Waals surface area contributed by atoms with Crippen molar-refractivity contribution in [1.29, 1.82) is 0 Å². The van der Waals surface area contributed by atoms with Crippen LogP contribution in [0.2, 0.25) is 0 Å². The lowest BCUT2D eigenvalue weighted by molar-refractivity contribution is 0.600. The number of hydrogen-bond donors (Lipinski definition) is 2. The molecule has 0 aliphatic carbocycles. The van der Waals surface area contributed by atoms with Crippen LogP contribution in [0.25, 0.3) is 0 Å². The van der Waals surface area contributed by atoms with Gasteiger partial charge >= 0.3 is 0 Å². The first-order chi connectivity index (χ1) is 13.7. The molecule has 2 N–H and O–H groups in total. The van der Waals surface area contributed by atoms with Crippen molar-refractivity contribution in [2.75, 3.05) is 29.0 Å². The van der Waals surface area contributed by atoms with Crippen LogP contribution in [-0.4, -0.2) is 32.5 Å². The summed E-state index contributed by atoms with van der Waals surface area (Å²) in [5, 5.41) is 3.22. The predicted octanol–water partition coefficient (Wildman–Crippen LogP) is 3.84. The fourth-order valence-electron chi connectivity index (χ4n) is 2.73. The molecule has 0 atom stereocenters. The van der Waals surface area contributed by atoms with Gasteiger partial charge in [-0.2, -0.15) is 0 Å². The van der Waals surface area contributed by atoms with Crippen LogP contribution < -0.4 is 14.9 Å². The Morgan fingerprint density at radius 3 is 2.14 bits per heavy atom. The molecule has 1 aromatic heterocycles. The van der Waals surface area contributed by atoms with Gasteiger partial charge in [-0.25, -0.2) is 18.4 Å². The first kappa shape index (κ1) is 20.6. The molecule has 0 unspecified atom stereocenters. The highest BCUT2D eigenvalue weighted by Gasteiger charge is 2.12. The van der Waals surface area contributed by atoms with Crippen LogP contribution in [0.5, 0.6) is 0 Å². The highest BCUT2D eigenvalue weighted by molar-refractivity contribution is 7.91. The summed E-state index contributed by atoms with van der Waals surface area (Å²) in [6.45, 7) is 3.81. The number of benzene rings is 2. The molecule has 2 aromatic carbocycles. The van der Waals surface area contributed by atoms with Crippen LogP contribution in [0.3, 0.4) is 0 Å². The average Bonchev–Trinajstić information content (AvgIpc) is 2.64. The van der Waals surface area contributed by atoms with E-state index in [0.29, 0.717) is 17.3 Å². The van der Waals surface area contributed by atoms with E-state index in [4.69, 9.17) is 0 Å². The van der Waals surface area contributed by atoms with E-state index in [1.54, 1.807) is 24.3 Å². The van der Waals surface area contributed by atoms with Crippen molar-refractivity contribution in [1.82, 2.24) is 9.97 Å². The Kier molecular flexibility index (Phi) is 6.03. The number of hydrogen-bond acceptors (Lipinski definition) is 6. The number of aryl methyl sites for hydroxylation is 2. The molecular formula is C21H25N5O2S. The van der Waals surface area contributed by atoms with Crippen molar-refractivity contribution in [2.24, 2.45) is 0 Å². The minimum atomic E-state index is -3.49. The molecule has 0 radical (unpaired) electrons. The van der Waals surface area contributed by atoms with Gasteiger partial charge in [-0.3, -0.25) is 4.72 Å². The van der Waals surface area contributed by atoms with Crippen LogP contribution in [0, 0.1) is 13.8 Å². The zero-order valence-corrected chi connectivity index (χ0v) is 17.8. The summed E-state index contributed by atoms with van der Waals surface area (Å²) in [5.41, 5.74) is 3.15. The molecular weight excluding hydrogens is 386 g/mol. The molecule has 0 aliphatic rings.